The molecule has 1 aliphatic rings. The third-order valence-electron chi connectivity index (χ3n) is 3.07. The predicted molar refractivity (Wildman–Crippen MR) is 62.6 cm³/mol. The molecule has 0 bridgehead atoms. The first-order valence-electron chi connectivity index (χ1n) is 5.57. The summed E-state index contributed by atoms with van der Waals surface area (Å²) in [6, 6.07) is 2.57. The molecule has 0 amide bonds. The first kappa shape index (κ1) is 13.4. The lowest BCUT2D eigenvalue weighted by Crippen LogP contribution is -2.33. The van der Waals surface area contributed by atoms with Crippen LogP contribution in [0.15, 0.2) is 23.1 Å². The van der Waals surface area contributed by atoms with Gasteiger partial charge in [0.15, 0.2) is 0 Å². The third-order valence-corrected chi connectivity index (χ3v) is 4.97. The number of rotatable bonds is 3. The van der Waals surface area contributed by atoms with Crippen molar-refractivity contribution in [3.8, 4) is 0 Å². The Labute approximate surface area is 105 Å². The maximum atomic E-state index is 13.5. The summed E-state index contributed by atoms with van der Waals surface area (Å²) in [6.07, 6.45) is 0.679. The monoisotopic (exact) mass is 276 g/mol. The van der Waals surface area contributed by atoms with E-state index in [-0.39, 0.29) is 6.04 Å². The SMILES string of the molecule is CNC1CCN(S(=O)(=O)c2ccc(F)cc2F)C1. The van der Waals surface area contributed by atoms with Crippen molar-refractivity contribution < 1.29 is 17.2 Å². The van der Waals surface area contributed by atoms with Gasteiger partial charge in [-0.1, -0.05) is 0 Å². The zero-order valence-electron chi connectivity index (χ0n) is 9.86. The van der Waals surface area contributed by atoms with E-state index in [4.69, 9.17) is 0 Å². The van der Waals surface area contributed by atoms with Gasteiger partial charge in [0.05, 0.1) is 0 Å². The van der Waals surface area contributed by atoms with Crippen molar-refractivity contribution in [2.75, 3.05) is 20.1 Å². The quantitative estimate of drug-likeness (QED) is 0.894. The average Bonchev–Trinajstić information content (AvgIpc) is 2.77. The Hall–Kier alpha value is -1.05. The van der Waals surface area contributed by atoms with Crippen molar-refractivity contribution >= 4 is 10.0 Å². The van der Waals surface area contributed by atoms with E-state index in [1.54, 1.807) is 7.05 Å². The van der Waals surface area contributed by atoms with Gasteiger partial charge in [0.1, 0.15) is 16.5 Å². The van der Waals surface area contributed by atoms with Gasteiger partial charge >= 0.3 is 0 Å². The molecule has 1 unspecified atom stereocenters. The second-order valence-electron chi connectivity index (χ2n) is 4.21. The summed E-state index contributed by atoms with van der Waals surface area (Å²) in [5.41, 5.74) is 0. The molecule has 1 fully saturated rings. The van der Waals surface area contributed by atoms with E-state index in [1.807, 2.05) is 0 Å². The van der Waals surface area contributed by atoms with Gasteiger partial charge < -0.3 is 5.32 Å². The zero-order valence-corrected chi connectivity index (χ0v) is 10.7. The molecule has 1 heterocycles. The largest absolute Gasteiger partial charge is 0.316 e. The van der Waals surface area contributed by atoms with Crippen LogP contribution in [0.5, 0.6) is 0 Å². The van der Waals surface area contributed by atoms with Gasteiger partial charge in [-0.15, -0.1) is 0 Å². The minimum atomic E-state index is -3.88. The van der Waals surface area contributed by atoms with Gasteiger partial charge in [-0.2, -0.15) is 4.31 Å². The lowest BCUT2D eigenvalue weighted by atomic mass is 10.3. The molecule has 1 aromatic carbocycles. The molecule has 1 aliphatic heterocycles. The van der Waals surface area contributed by atoms with E-state index in [0.29, 0.717) is 25.6 Å². The number of nitrogens with one attached hydrogen (secondary N) is 1. The first-order chi connectivity index (χ1) is 8.45. The number of nitrogens with zero attached hydrogens (tertiary/aromatic N) is 1. The van der Waals surface area contributed by atoms with Crippen LogP contribution in [0.3, 0.4) is 0 Å². The van der Waals surface area contributed by atoms with Crippen LogP contribution in [0.25, 0.3) is 0 Å². The summed E-state index contributed by atoms with van der Waals surface area (Å²) < 4.78 is 51.8. The van der Waals surface area contributed by atoms with Crippen LogP contribution >= 0.6 is 0 Å². The van der Waals surface area contributed by atoms with E-state index in [2.05, 4.69) is 5.32 Å². The highest BCUT2D eigenvalue weighted by Gasteiger charge is 2.33. The van der Waals surface area contributed by atoms with E-state index in [9.17, 15) is 17.2 Å². The Morgan fingerprint density at radius 2 is 2.11 bits per heavy atom. The fourth-order valence-corrected chi connectivity index (χ4v) is 3.55. The normalized spacial score (nSPS) is 21.4. The van der Waals surface area contributed by atoms with Crippen LogP contribution in [0, 0.1) is 11.6 Å². The lowest BCUT2D eigenvalue weighted by molar-refractivity contribution is 0.457. The highest BCUT2D eigenvalue weighted by Crippen LogP contribution is 2.23. The Balaban J connectivity index is 2.31. The standard InChI is InChI=1S/C11H14F2N2O2S/c1-14-9-4-5-15(7-9)18(16,17)11-3-2-8(12)6-10(11)13/h2-3,6,9,14H,4-5,7H2,1H3. The maximum Gasteiger partial charge on any atom is 0.246 e. The number of sulfonamides is 1. The van der Waals surface area contributed by atoms with E-state index >= 15 is 0 Å². The molecule has 1 N–H and O–H groups in total. The van der Waals surface area contributed by atoms with Crippen LogP contribution in [-0.4, -0.2) is 38.9 Å². The van der Waals surface area contributed by atoms with Crippen molar-refractivity contribution in [3.63, 3.8) is 0 Å². The first-order valence-corrected chi connectivity index (χ1v) is 7.01. The molecule has 2 rings (SSSR count). The number of hydrogen-bond acceptors (Lipinski definition) is 3. The van der Waals surface area contributed by atoms with Gasteiger partial charge in [-0.3, -0.25) is 0 Å². The maximum absolute atomic E-state index is 13.5. The third kappa shape index (κ3) is 2.38. The van der Waals surface area contributed by atoms with Crippen LogP contribution in [0.2, 0.25) is 0 Å². The summed E-state index contributed by atoms with van der Waals surface area (Å²) in [5, 5.41) is 2.98. The topological polar surface area (TPSA) is 49.4 Å². The summed E-state index contributed by atoms with van der Waals surface area (Å²) in [4.78, 5) is -0.472. The van der Waals surface area contributed by atoms with Crippen molar-refractivity contribution in [1.29, 1.82) is 0 Å². The number of likely N-dealkylation sites (N-methyl/N-ethyl adjacent to an activating group) is 1. The van der Waals surface area contributed by atoms with Gasteiger partial charge in [0, 0.05) is 25.2 Å². The molecule has 0 aliphatic carbocycles. The van der Waals surface area contributed by atoms with E-state index in [0.717, 1.165) is 12.1 Å². The smallest absolute Gasteiger partial charge is 0.246 e. The fraction of sp³-hybridized carbons (Fsp3) is 0.455. The minimum Gasteiger partial charge on any atom is -0.316 e. The Morgan fingerprint density at radius 1 is 1.39 bits per heavy atom. The number of hydrogen-bond donors (Lipinski definition) is 1. The minimum absolute atomic E-state index is 0.0725. The Morgan fingerprint density at radius 3 is 2.67 bits per heavy atom. The second-order valence-corrected chi connectivity index (χ2v) is 6.12. The Bertz CT molecular complexity index is 548. The molecular formula is C11H14F2N2O2S. The van der Waals surface area contributed by atoms with Gasteiger partial charge in [0.2, 0.25) is 10.0 Å². The fourth-order valence-electron chi connectivity index (χ4n) is 2.01. The van der Waals surface area contributed by atoms with Gasteiger partial charge in [-0.05, 0) is 25.6 Å². The summed E-state index contributed by atoms with van der Waals surface area (Å²) in [5.74, 6) is -1.84. The van der Waals surface area contributed by atoms with Gasteiger partial charge in [0.25, 0.3) is 0 Å². The van der Waals surface area contributed by atoms with Crippen molar-refractivity contribution in [3.05, 3.63) is 29.8 Å². The molecule has 0 aromatic heterocycles. The number of benzene rings is 1. The molecule has 1 aromatic rings. The van der Waals surface area contributed by atoms with Crippen LogP contribution in [-0.2, 0) is 10.0 Å². The predicted octanol–water partition coefficient (Wildman–Crippen LogP) is 0.947. The zero-order chi connectivity index (χ0) is 13.3. The van der Waals surface area contributed by atoms with Crippen molar-refractivity contribution in [1.82, 2.24) is 9.62 Å². The highest BCUT2D eigenvalue weighted by atomic mass is 32.2. The average molecular weight is 276 g/mol. The summed E-state index contributed by atoms with van der Waals surface area (Å²) in [6.45, 7) is 0.639. The van der Waals surface area contributed by atoms with Crippen LogP contribution < -0.4 is 5.32 Å². The number of halogens is 2. The molecular weight excluding hydrogens is 262 g/mol. The Kier molecular flexibility index (Phi) is 3.65. The highest BCUT2D eigenvalue weighted by molar-refractivity contribution is 7.89. The van der Waals surface area contributed by atoms with E-state index < -0.39 is 26.6 Å². The molecule has 4 nitrogen and oxygen atoms in total. The molecule has 18 heavy (non-hydrogen) atoms. The molecule has 0 spiro atoms. The van der Waals surface area contributed by atoms with Gasteiger partial charge in [-0.25, -0.2) is 17.2 Å². The molecule has 7 heteroatoms. The molecule has 1 saturated heterocycles. The second kappa shape index (κ2) is 4.91. The molecule has 1 atom stereocenters. The molecule has 0 saturated carbocycles. The van der Waals surface area contributed by atoms with Crippen LogP contribution in [0.4, 0.5) is 8.78 Å². The molecule has 0 radical (unpaired) electrons. The van der Waals surface area contributed by atoms with Crippen molar-refractivity contribution in [2.24, 2.45) is 0 Å². The summed E-state index contributed by atoms with van der Waals surface area (Å²) >= 11 is 0. The summed E-state index contributed by atoms with van der Waals surface area (Å²) in [7, 11) is -2.13. The van der Waals surface area contributed by atoms with E-state index in [1.165, 1.54) is 4.31 Å². The molecule has 100 valence electrons. The lowest BCUT2D eigenvalue weighted by Gasteiger charge is -2.16. The van der Waals surface area contributed by atoms with Crippen molar-refractivity contribution in [2.45, 2.75) is 17.4 Å². The van der Waals surface area contributed by atoms with Crippen LogP contribution in [0.1, 0.15) is 6.42 Å².